The monoisotopic (exact) mass is 322 g/mol. The number of halogens is 4. The van der Waals surface area contributed by atoms with Gasteiger partial charge in [0.25, 0.3) is 0 Å². The Labute approximate surface area is 113 Å². The van der Waals surface area contributed by atoms with Gasteiger partial charge in [0.2, 0.25) is 9.05 Å². The first-order chi connectivity index (χ1) is 7.29. The van der Waals surface area contributed by atoms with E-state index in [0.717, 1.165) is 0 Å². The van der Waals surface area contributed by atoms with Crippen LogP contribution in [0.15, 0.2) is 12.1 Å². The lowest BCUT2D eigenvalue weighted by Gasteiger charge is -2.08. The average molecular weight is 324 g/mol. The fraction of sp³-hybridized carbons (Fsp3) is 0.250. The zero-order chi connectivity index (χ0) is 12.3. The van der Waals surface area contributed by atoms with E-state index in [1.165, 1.54) is 12.1 Å². The minimum absolute atomic E-state index is 0.108. The second-order valence-electron chi connectivity index (χ2n) is 2.79. The Kier molecular flexibility index (Phi) is 5.01. The molecule has 0 saturated heterocycles. The van der Waals surface area contributed by atoms with Crippen LogP contribution in [0.3, 0.4) is 0 Å². The highest BCUT2D eigenvalue weighted by Gasteiger charge is 2.09. The van der Waals surface area contributed by atoms with Gasteiger partial charge in [-0.25, -0.2) is 8.42 Å². The van der Waals surface area contributed by atoms with Gasteiger partial charge in [-0.15, -0.1) is 0 Å². The van der Waals surface area contributed by atoms with E-state index in [-0.39, 0.29) is 28.2 Å². The molecule has 0 aliphatic rings. The molecule has 0 aliphatic carbocycles. The maximum Gasteiger partial charge on any atom is 0.235 e. The highest BCUT2D eigenvalue weighted by atomic mass is 35.7. The van der Waals surface area contributed by atoms with E-state index in [0.29, 0.717) is 5.02 Å². The number of hydrogen-bond acceptors (Lipinski definition) is 3. The van der Waals surface area contributed by atoms with Gasteiger partial charge in [-0.2, -0.15) is 0 Å². The molecule has 0 fully saturated rings. The third-order valence-electron chi connectivity index (χ3n) is 1.56. The van der Waals surface area contributed by atoms with Crippen LogP contribution >= 0.6 is 45.5 Å². The standard InChI is InChI=1S/C8H6Cl4O3S/c9-5-3-7(11)8(4-6(5)10)15-1-2-16(12,13)14/h3-4H,1-2H2. The van der Waals surface area contributed by atoms with E-state index >= 15 is 0 Å². The van der Waals surface area contributed by atoms with Gasteiger partial charge in [0.1, 0.15) is 12.4 Å². The summed E-state index contributed by atoms with van der Waals surface area (Å²) >= 11 is 17.2. The summed E-state index contributed by atoms with van der Waals surface area (Å²) in [6.45, 7) is -0.108. The fourth-order valence-corrected chi connectivity index (χ4v) is 1.93. The second kappa shape index (κ2) is 5.65. The molecule has 3 nitrogen and oxygen atoms in total. The summed E-state index contributed by atoms with van der Waals surface area (Å²) in [7, 11) is 1.43. The van der Waals surface area contributed by atoms with Crippen molar-refractivity contribution in [1.29, 1.82) is 0 Å². The van der Waals surface area contributed by atoms with Crippen molar-refractivity contribution in [2.45, 2.75) is 0 Å². The van der Waals surface area contributed by atoms with Crippen LogP contribution in [-0.2, 0) is 9.05 Å². The molecular formula is C8H6Cl4O3S. The molecule has 0 aliphatic heterocycles. The smallest absolute Gasteiger partial charge is 0.235 e. The van der Waals surface area contributed by atoms with Crippen molar-refractivity contribution in [1.82, 2.24) is 0 Å². The molecule has 1 aromatic rings. The Bertz CT molecular complexity index is 486. The van der Waals surface area contributed by atoms with E-state index in [2.05, 4.69) is 0 Å². The molecule has 1 aromatic carbocycles. The van der Waals surface area contributed by atoms with Gasteiger partial charge >= 0.3 is 0 Å². The van der Waals surface area contributed by atoms with Crippen LogP contribution in [0.5, 0.6) is 5.75 Å². The molecule has 0 aromatic heterocycles. The Morgan fingerprint density at radius 3 is 2.19 bits per heavy atom. The molecule has 90 valence electrons. The van der Waals surface area contributed by atoms with E-state index < -0.39 is 9.05 Å². The first-order valence-corrected chi connectivity index (χ1v) is 7.60. The Hall–Kier alpha value is 0.130. The zero-order valence-corrected chi connectivity index (χ0v) is 11.6. The number of benzene rings is 1. The molecule has 0 amide bonds. The summed E-state index contributed by atoms with van der Waals surface area (Å²) in [5.74, 6) is -0.0538. The van der Waals surface area contributed by atoms with Crippen LogP contribution in [0, 0.1) is 0 Å². The maximum atomic E-state index is 10.6. The Morgan fingerprint density at radius 1 is 1.06 bits per heavy atom. The van der Waals surface area contributed by atoms with E-state index in [9.17, 15) is 8.42 Å². The predicted molar refractivity (Wildman–Crippen MR) is 66.6 cm³/mol. The summed E-state index contributed by atoms with van der Waals surface area (Å²) in [5.41, 5.74) is 0. The van der Waals surface area contributed by atoms with Crippen molar-refractivity contribution < 1.29 is 13.2 Å². The van der Waals surface area contributed by atoms with Gasteiger partial charge in [-0.05, 0) is 6.07 Å². The average Bonchev–Trinajstić information content (AvgIpc) is 2.11. The van der Waals surface area contributed by atoms with Gasteiger partial charge in [-0.3, -0.25) is 0 Å². The largest absolute Gasteiger partial charge is 0.491 e. The summed E-state index contributed by atoms with van der Waals surface area (Å²) in [6.07, 6.45) is 0. The topological polar surface area (TPSA) is 43.4 Å². The van der Waals surface area contributed by atoms with E-state index in [4.69, 9.17) is 50.2 Å². The zero-order valence-electron chi connectivity index (χ0n) is 7.71. The quantitative estimate of drug-likeness (QED) is 0.628. The molecule has 0 atom stereocenters. The summed E-state index contributed by atoms with van der Waals surface area (Å²) in [6, 6.07) is 2.82. The van der Waals surface area contributed by atoms with Crippen LogP contribution in [0.25, 0.3) is 0 Å². The van der Waals surface area contributed by atoms with E-state index in [1.807, 2.05) is 0 Å². The molecule has 8 heteroatoms. The number of hydrogen-bond donors (Lipinski definition) is 0. The van der Waals surface area contributed by atoms with Gasteiger partial charge in [0, 0.05) is 16.7 Å². The normalized spacial score (nSPS) is 11.5. The van der Waals surface area contributed by atoms with Gasteiger partial charge in [0.15, 0.2) is 0 Å². The first-order valence-electron chi connectivity index (χ1n) is 3.99. The molecule has 0 N–H and O–H groups in total. The minimum atomic E-state index is -3.58. The molecule has 0 saturated carbocycles. The van der Waals surface area contributed by atoms with Crippen molar-refractivity contribution in [3.63, 3.8) is 0 Å². The number of rotatable bonds is 4. The molecule has 0 unspecified atom stereocenters. The summed E-state index contributed by atoms with van der Waals surface area (Å²) in [5, 5.41) is 0.820. The van der Waals surface area contributed by atoms with Crippen LogP contribution < -0.4 is 4.74 Å². The van der Waals surface area contributed by atoms with Crippen molar-refractivity contribution in [3.05, 3.63) is 27.2 Å². The maximum absolute atomic E-state index is 10.6. The highest BCUT2D eigenvalue weighted by Crippen LogP contribution is 2.33. The van der Waals surface area contributed by atoms with Gasteiger partial charge in [-0.1, -0.05) is 34.8 Å². The molecule has 0 bridgehead atoms. The Morgan fingerprint density at radius 2 is 1.62 bits per heavy atom. The van der Waals surface area contributed by atoms with Gasteiger partial charge < -0.3 is 4.74 Å². The molecule has 0 spiro atoms. The SMILES string of the molecule is O=S(=O)(Cl)CCOc1cc(Cl)c(Cl)cc1Cl. The van der Waals surface area contributed by atoms with Gasteiger partial charge in [0.05, 0.1) is 20.8 Å². The molecule has 1 rings (SSSR count). The van der Waals surface area contributed by atoms with Crippen molar-refractivity contribution in [3.8, 4) is 5.75 Å². The lowest BCUT2D eigenvalue weighted by Crippen LogP contribution is -2.08. The third-order valence-corrected chi connectivity index (χ3v) is 3.69. The van der Waals surface area contributed by atoms with Crippen LogP contribution in [-0.4, -0.2) is 20.8 Å². The first kappa shape index (κ1) is 14.2. The molecule has 16 heavy (non-hydrogen) atoms. The lowest BCUT2D eigenvalue weighted by atomic mass is 10.3. The Balaban J connectivity index is 2.71. The van der Waals surface area contributed by atoms with Crippen LogP contribution in [0.2, 0.25) is 15.1 Å². The molecule has 0 heterocycles. The lowest BCUT2D eigenvalue weighted by molar-refractivity contribution is 0.342. The van der Waals surface area contributed by atoms with Crippen molar-refractivity contribution >= 4 is 54.5 Å². The number of ether oxygens (including phenoxy) is 1. The van der Waals surface area contributed by atoms with Crippen LogP contribution in [0.4, 0.5) is 0 Å². The summed E-state index contributed by atoms with van der Waals surface area (Å²) in [4.78, 5) is 0. The molecular weight excluding hydrogens is 318 g/mol. The molecule has 0 radical (unpaired) electrons. The van der Waals surface area contributed by atoms with Crippen molar-refractivity contribution in [2.75, 3.05) is 12.4 Å². The van der Waals surface area contributed by atoms with Crippen LogP contribution in [0.1, 0.15) is 0 Å². The fourth-order valence-electron chi connectivity index (χ4n) is 0.866. The second-order valence-corrected chi connectivity index (χ2v) is 6.91. The van der Waals surface area contributed by atoms with Crippen molar-refractivity contribution in [2.24, 2.45) is 0 Å². The predicted octanol–water partition coefficient (Wildman–Crippen LogP) is 3.59. The highest BCUT2D eigenvalue weighted by molar-refractivity contribution is 8.13. The minimum Gasteiger partial charge on any atom is -0.491 e. The summed E-state index contributed by atoms with van der Waals surface area (Å²) < 4.78 is 26.4. The third kappa shape index (κ3) is 4.55. The van der Waals surface area contributed by atoms with E-state index in [1.54, 1.807) is 0 Å².